The van der Waals surface area contributed by atoms with Gasteiger partial charge in [-0.25, -0.2) is 39.9 Å². The van der Waals surface area contributed by atoms with Gasteiger partial charge in [0, 0.05) is 83.8 Å². The highest BCUT2D eigenvalue weighted by atomic mass is 32.1. The first kappa shape index (κ1) is 49.9. The molecule has 0 aliphatic carbocycles. The highest BCUT2D eigenvalue weighted by Gasteiger charge is 2.35. The predicted molar refractivity (Wildman–Crippen MR) is 205 cm³/mol. The van der Waals surface area contributed by atoms with Gasteiger partial charge in [0.05, 0.1) is 6.61 Å². The Balaban J connectivity index is 0.000000268. The van der Waals surface area contributed by atoms with E-state index in [0.717, 1.165) is 0 Å². The maximum atomic E-state index is 14.1. The van der Waals surface area contributed by atoms with E-state index in [4.69, 9.17) is 39.4 Å². The van der Waals surface area contributed by atoms with E-state index in [1.807, 2.05) is 0 Å². The summed E-state index contributed by atoms with van der Waals surface area (Å²) in [4.78, 5) is 48.2. The van der Waals surface area contributed by atoms with Crippen LogP contribution in [0, 0.1) is 56.1 Å². The summed E-state index contributed by atoms with van der Waals surface area (Å²) in [5.74, 6) is -14.7. The quantitative estimate of drug-likeness (QED) is 0.0344. The molecule has 334 valence electrons. The number of aromatic amines is 2. The second-order valence-corrected chi connectivity index (χ2v) is 14.0. The van der Waals surface area contributed by atoms with Crippen LogP contribution in [0.1, 0.15) is 66.5 Å². The minimum Gasteiger partial charge on any atom is -0.483 e. The van der Waals surface area contributed by atoms with Crippen molar-refractivity contribution >= 4 is 49.8 Å². The second kappa shape index (κ2) is 23.0. The summed E-state index contributed by atoms with van der Waals surface area (Å²) in [6.45, 7) is 10.4. The van der Waals surface area contributed by atoms with Gasteiger partial charge < -0.3 is 43.7 Å². The number of H-pyrrole nitrogens is 2. The first-order chi connectivity index (χ1) is 28.9. The molecule has 2 aliphatic rings. The minimum absolute atomic E-state index is 0.00716. The average molecular weight is 912 g/mol. The molecule has 0 spiro atoms. The first-order valence-electron chi connectivity index (χ1n) is 18.4. The van der Waals surface area contributed by atoms with Gasteiger partial charge in [-0.15, -0.1) is 0 Å². The van der Waals surface area contributed by atoms with Crippen LogP contribution in [0.2, 0.25) is 0 Å². The lowest BCUT2D eigenvalue weighted by atomic mass is 9.94. The normalized spacial score (nSPS) is 15.2. The summed E-state index contributed by atoms with van der Waals surface area (Å²) in [6, 6.07) is 0.327. The van der Waals surface area contributed by atoms with Gasteiger partial charge in [0.1, 0.15) is 0 Å². The molecule has 1 unspecified atom stereocenters. The van der Waals surface area contributed by atoms with E-state index < -0.39 is 81.6 Å². The summed E-state index contributed by atoms with van der Waals surface area (Å²) < 4.78 is 123. The SMILES string of the molecule is CCN(CC)CC.O=CO.O=COC(Cc1[nH]c(=S)n2c1C[C@H](c1c(F)c(F)cc(F)c1F)C2)C(=O)O.O=COCCc1[nH]c(=S)n2c1C[C@H](c1c(F)c(F)cc(F)c1F)C2. The highest BCUT2D eigenvalue weighted by molar-refractivity contribution is 7.71. The molecule has 6 rings (SSSR count). The molecule has 13 nitrogen and oxygen atoms in total. The van der Waals surface area contributed by atoms with Crippen LogP contribution in [0.25, 0.3) is 0 Å². The molecular weight excluding hydrogens is 871 g/mol. The number of carbonyl (C=O) groups is 4. The molecule has 0 fully saturated rings. The molecule has 23 heteroatoms. The number of benzene rings is 2. The van der Waals surface area contributed by atoms with Crippen molar-refractivity contribution in [1.29, 1.82) is 0 Å². The molecule has 4 heterocycles. The van der Waals surface area contributed by atoms with Crippen LogP contribution < -0.4 is 0 Å². The van der Waals surface area contributed by atoms with Gasteiger partial charge in [-0.2, -0.15) is 0 Å². The van der Waals surface area contributed by atoms with Crippen LogP contribution in [0.5, 0.6) is 0 Å². The number of rotatable bonds is 14. The lowest BCUT2D eigenvalue weighted by Gasteiger charge is -2.13. The molecule has 2 aliphatic heterocycles. The number of imidazole rings is 2. The monoisotopic (exact) mass is 911 g/mol. The van der Waals surface area contributed by atoms with Crippen LogP contribution in [-0.2, 0) is 67.4 Å². The van der Waals surface area contributed by atoms with Crippen molar-refractivity contribution in [3.63, 3.8) is 0 Å². The third kappa shape index (κ3) is 11.9. The van der Waals surface area contributed by atoms with Crippen molar-refractivity contribution in [1.82, 2.24) is 24.0 Å². The van der Waals surface area contributed by atoms with E-state index in [1.165, 1.54) is 24.2 Å². The van der Waals surface area contributed by atoms with E-state index >= 15 is 0 Å². The van der Waals surface area contributed by atoms with E-state index in [-0.39, 0.29) is 68.8 Å². The van der Waals surface area contributed by atoms with Crippen LogP contribution in [-0.4, -0.2) is 91.9 Å². The smallest absolute Gasteiger partial charge is 0.345 e. The van der Waals surface area contributed by atoms with Gasteiger partial charge >= 0.3 is 5.97 Å². The Kier molecular flexibility index (Phi) is 18.8. The fourth-order valence-corrected chi connectivity index (χ4v) is 7.60. The molecule has 2 aromatic heterocycles. The largest absolute Gasteiger partial charge is 0.483 e. The van der Waals surface area contributed by atoms with Crippen LogP contribution in [0.4, 0.5) is 35.1 Å². The number of fused-ring (bicyclic) bond motifs is 2. The molecule has 0 radical (unpaired) electrons. The van der Waals surface area contributed by atoms with Gasteiger partial charge in [-0.3, -0.25) is 14.4 Å². The summed E-state index contributed by atoms with van der Waals surface area (Å²) in [7, 11) is 0. The Morgan fingerprint density at radius 3 is 1.51 bits per heavy atom. The van der Waals surface area contributed by atoms with Crippen molar-refractivity contribution in [2.45, 2.75) is 77.5 Å². The molecule has 4 aromatic rings. The third-order valence-electron chi connectivity index (χ3n) is 9.91. The molecule has 0 saturated carbocycles. The molecule has 61 heavy (non-hydrogen) atoms. The number of ether oxygens (including phenoxy) is 2. The van der Waals surface area contributed by atoms with Crippen LogP contribution >= 0.6 is 24.4 Å². The second-order valence-electron chi connectivity index (χ2n) is 13.2. The summed E-state index contributed by atoms with van der Waals surface area (Å²) >= 11 is 10.3. The number of nitrogens with one attached hydrogen (secondary N) is 2. The third-order valence-corrected chi connectivity index (χ3v) is 10.6. The number of carbonyl (C=O) groups excluding carboxylic acids is 2. The zero-order valence-corrected chi connectivity index (χ0v) is 34.3. The summed E-state index contributed by atoms with van der Waals surface area (Å²) in [6.07, 6.45) is -1.26. The average Bonchev–Trinajstić information content (AvgIpc) is 3.98. The van der Waals surface area contributed by atoms with E-state index in [9.17, 15) is 49.5 Å². The fourth-order valence-electron chi connectivity index (χ4n) is 6.99. The number of hydrogen-bond donors (Lipinski definition) is 4. The zero-order chi connectivity index (χ0) is 45.7. The lowest BCUT2D eigenvalue weighted by molar-refractivity contribution is -0.156. The highest BCUT2D eigenvalue weighted by Crippen LogP contribution is 2.37. The molecule has 0 saturated heterocycles. The van der Waals surface area contributed by atoms with E-state index in [0.29, 0.717) is 40.4 Å². The Morgan fingerprint density at radius 2 is 1.16 bits per heavy atom. The number of halogens is 8. The number of aromatic nitrogens is 4. The van der Waals surface area contributed by atoms with Gasteiger partial charge in [0.15, 0.2) is 56.1 Å². The van der Waals surface area contributed by atoms with E-state index in [1.54, 1.807) is 4.57 Å². The molecule has 0 amide bonds. The van der Waals surface area contributed by atoms with Crippen molar-refractivity contribution in [3.8, 4) is 0 Å². The Labute approximate surface area is 352 Å². The summed E-state index contributed by atoms with van der Waals surface area (Å²) in [5, 5.41) is 16.0. The standard InChI is InChI=1S/C16H12F4N2O4S.C15H12F4N2O2S.C6H15N.CH2O2/c17-7-2-8(18)14(20)12(13(7)19)6-1-10-9(21-16(27)22(10)4-6)3-11(15(24)25)26-5-23;16-8-4-9(17)14(19)12(13(8)18)7-3-11-10(1-2-23-6-22)20-15(24)21(11)5-7;1-4-7(5-2)6-3;2-1-3/h2,5-6,11H,1,3-4H2,(H,21,27)(H,24,25);4,6-7H,1-3,5H2,(H,20,24);4-6H2,1-3H3;1H,(H,2,3)/t6-,11?;7-;;/m00../s1. The van der Waals surface area contributed by atoms with Gasteiger partial charge in [0.2, 0.25) is 6.10 Å². The van der Waals surface area contributed by atoms with Crippen molar-refractivity contribution in [2.75, 3.05) is 26.2 Å². The number of carboxylic acids is 1. The molecule has 4 N–H and O–H groups in total. The number of nitrogens with zero attached hydrogens (tertiary/aromatic N) is 3. The topological polar surface area (TPSA) is 172 Å². The van der Waals surface area contributed by atoms with Crippen LogP contribution in [0.15, 0.2) is 12.1 Å². The van der Waals surface area contributed by atoms with Crippen molar-refractivity contribution in [2.24, 2.45) is 0 Å². The van der Waals surface area contributed by atoms with E-state index in [2.05, 4.69) is 45.1 Å². The maximum Gasteiger partial charge on any atom is 0.345 e. The Morgan fingerprint density at radius 1 is 0.770 bits per heavy atom. The fraction of sp³-hybridized carbons (Fsp3) is 0.421. The molecule has 2 aromatic carbocycles. The van der Waals surface area contributed by atoms with Gasteiger partial charge in [0.25, 0.3) is 19.4 Å². The first-order valence-corrected chi connectivity index (χ1v) is 19.2. The molecule has 3 atom stereocenters. The Hall–Kier alpha value is -5.42. The number of carboxylic acid groups (broad SMARTS) is 2. The van der Waals surface area contributed by atoms with Gasteiger partial charge in [-0.1, -0.05) is 20.8 Å². The van der Waals surface area contributed by atoms with Crippen LogP contribution in [0.3, 0.4) is 0 Å². The zero-order valence-electron chi connectivity index (χ0n) is 32.7. The maximum absolute atomic E-state index is 14.1. The molecule has 0 bridgehead atoms. The lowest BCUT2D eigenvalue weighted by Crippen LogP contribution is -2.26. The van der Waals surface area contributed by atoms with Crippen molar-refractivity contribution in [3.05, 3.63) is 102 Å². The number of hydrogen-bond acceptors (Lipinski definition) is 9. The minimum atomic E-state index is -1.50. The van der Waals surface area contributed by atoms with Crippen molar-refractivity contribution < 1.29 is 74.0 Å². The van der Waals surface area contributed by atoms with Gasteiger partial charge in [-0.05, 0) is 56.9 Å². The predicted octanol–water partition coefficient (Wildman–Crippen LogP) is 6.82. The number of aliphatic carboxylic acids is 1. The molecular formula is C38H41F8N5O8S2. The Bertz CT molecular complexity index is 2260. The summed E-state index contributed by atoms with van der Waals surface area (Å²) in [5.41, 5.74) is 0.741.